The monoisotopic (exact) mass is 84.0 g/mol. The summed E-state index contributed by atoms with van der Waals surface area (Å²) < 4.78 is 4.01. The third kappa shape index (κ3) is 3.33. The van der Waals surface area contributed by atoms with Crippen molar-refractivity contribution in [3.05, 3.63) is 0 Å². The van der Waals surface area contributed by atoms with E-state index in [0.717, 1.165) is 0 Å². The summed E-state index contributed by atoms with van der Waals surface area (Å²) >= 11 is 0. The first-order valence-corrected chi connectivity index (χ1v) is 1.33. The van der Waals surface area contributed by atoms with Crippen LogP contribution in [0.25, 0.3) is 0 Å². The molecule has 0 rings (SSSR count). The number of carbonyl (C=O) groups is 1. The van der Waals surface area contributed by atoms with Gasteiger partial charge in [-0.3, -0.25) is 0 Å². The first-order valence-electron chi connectivity index (χ1n) is 1.33. The van der Waals surface area contributed by atoms with E-state index in [-0.39, 0.29) is 13.2 Å². The first kappa shape index (κ1) is 5.33. The maximum absolute atomic E-state index is 9.23. The molecule has 1 radical (unpaired) electrons. The number of hydrogen-bond donors (Lipinski definition) is 0. The molecular weight excluding hydrogens is 80.8 g/mol. The van der Waals surface area contributed by atoms with Gasteiger partial charge in [-0.1, -0.05) is 0 Å². The fourth-order valence-corrected chi connectivity index (χ4v) is 0.0735. The van der Waals surface area contributed by atoms with E-state index in [1.165, 1.54) is 0 Å². The zero-order valence-corrected chi connectivity index (χ0v) is 3.13. The Labute approximate surface area is 36.4 Å². The normalized spacial score (nSPS) is 6.50. The second-order valence-corrected chi connectivity index (χ2v) is 0.575. The molecule has 0 aromatic heterocycles. The van der Waals surface area contributed by atoms with E-state index in [2.05, 4.69) is 17.3 Å². The number of hydrogen-bond acceptors (Lipinski definition) is 3. The van der Waals surface area contributed by atoms with Gasteiger partial charge in [0.2, 0.25) is 0 Å². The third-order valence-electron chi connectivity index (χ3n) is 0.217. The van der Waals surface area contributed by atoms with Gasteiger partial charge in [0.15, 0.2) is 0 Å². The van der Waals surface area contributed by atoms with E-state index < -0.39 is 0 Å². The van der Waals surface area contributed by atoms with E-state index >= 15 is 0 Å². The van der Waals surface area contributed by atoms with Crippen molar-refractivity contribution in [2.45, 2.75) is 0 Å². The summed E-state index contributed by atoms with van der Waals surface area (Å²) in [7, 11) is 4.56. The molecule has 0 saturated heterocycles. The zero-order chi connectivity index (χ0) is 4.83. The van der Waals surface area contributed by atoms with Crippen molar-refractivity contribution in [3.8, 4) is 0 Å². The average molecular weight is 83.9 g/mol. The summed E-state index contributed by atoms with van der Waals surface area (Å²) in [6, 6.07) is 0. The Bertz CT molecular complexity index is 47.5. The van der Waals surface area contributed by atoms with Crippen LogP contribution in [0.1, 0.15) is 0 Å². The van der Waals surface area contributed by atoms with E-state index in [9.17, 15) is 4.79 Å². The second-order valence-electron chi connectivity index (χ2n) is 0.575. The van der Waals surface area contributed by atoms with Gasteiger partial charge in [0.25, 0.3) is 0 Å². The molecule has 0 heterocycles. The predicted octanol–water partition coefficient (Wildman–Crippen LogP) is -0.531. The molecule has 0 amide bonds. The van der Waals surface area contributed by atoms with E-state index in [0.29, 0.717) is 0 Å². The number of carbonyl (C=O) groups excluding carboxylic acids is 1. The SMILES string of the molecule is [B]=NCOC=O. The molecule has 0 aromatic rings. The molecule has 0 fully saturated rings. The van der Waals surface area contributed by atoms with Crippen LogP contribution < -0.4 is 0 Å². The van der Waals surface area contributed by atoms with Crippen LogP contribution >= 0.6 is 0 Å². The summed E-state index contributed by atoms with van der Waals surface area (Å²) in [5, 5.41) is 0. The Balaban J connectivity index is 2.66. The standard InChI is InChI=1S/C2H3BNO2/c3-4-1-6-2-5/h2H,1H2. The zero-order valence-electron chi connectivity index (χ0n) is 3.13. The Morgan fingerprint density at radius 2 is 2.67 bits per heavy atom. The third-order valence-corrected chi connectivity index (χ3v) is 0.217. The molecule has 0 aliphatic heterocycles. The molecule has 0 aromatic carbocycles. The van der Waals surface area contributed by atoms with E-state index in [4.69, 9.17) is 0 Å². The van der Waals surface area contributed by atoms with Gasteiger partial charge in [0, 0.05) is 0 Å². The Morgan fingerprint density at radius 1 is 2.00 bits per heavy atom. The van der Waals surface area contributed by atoms with Gasteiger partial charge in [0.1, 0.15) is 0 Å². The van der Waals surface area contributed by atoms with Crippen molar-refractivity contribution < 1.29 is 9.53 Å². The van der Waals surface area contributed by atoms with Gasteiger partial charge in [-0.05, 0) is 0 Å². The predicted molar refractivity (Wildman–Crippen MR) is 20.2 cm³/mol. The van der Waals surface area contributed by atoms with Crippen LogP contribution in [0.5, 0.6) is 0 Å². The molecule has 0 atom stereocenters. The average Bonchev–Trinajstić information content (AvgIpc) is 1.61. The summed E-state index contributed by atoms with van der Waals surface area (Å²) in [6.45, 7) is 0.236. The van der Waals surface area contributed by atoms with Crippen LogP contribution in [0.4, 0.5) is 0 Å². The molecule has 0 N–H and O–H groups in total. The van der Waals surface area contributed by atoms with Crippen LogP contribution in [-0.4, -0.2) is 20.8 Å². The maximum atomic E-state index is 9.23. The van der Waals surface area contributed by atoms with Gasteiger partial charge < -0.3 is 0 Å². The van der Waals surface area contributed by atoms with Gasteiger partial charge in [-0.2, -0.15) is 0 Å². The number of ether oxygens (including phenoxy) is 1. The fraction of sp³-hybridized carbons (Fsp3) is 0.500. The molecule has 0 saturated carbocycles. The van der Waals surface area contributed by atoms with Crippen LogP contribution in [0, 0.1) is 0 Å². The van der Waals surface area contributed by atoms with E-state index in [1.54, 1.807) is 0 Å². The van der Waals surface area contributed by atoms with Crippen LogP contribution in [0.3, 0.4) is 0 Å². The molecule has 0 aliphatic rings. The van der Waals surface area contributed by atoms with Gasteiger partial charge in [-0.15, -0.1) is 0 Å². The molecule has 0 aliphatic carbocycles. The van der Waals surface area contributed by atoms with Crippen LogP contribution in [-0.2, 0) is 9.53 Å². The Hall–Kier alpha value is -0.665. The van der Waals surface area contributed by atoms with Gasteiger partial charge in [-0.25, -0.2) is 0 Å². The molecule has 0 spiro atoms. The number of rotatable bonds is 3. The van der Waals surface area contributed by atoms with E-state index in [1.807, 2.05) is 0 Å². The van der Waals surface area contributed by atoms with Crippen molar-refractivity contribution >= 4 is 14.1 Å². The number of nitrogens with zero attached hydrogens (tertiary/aromatic N) is 1. The summed E-state index contributed by atoms with van der Waals surface area (Å²) in [5.41, 5.74) is 0. The molecular formula is C2H3BNO2. The fourth-order valence-electron chi connectivity index (χ4n) is 0.0735. The summed E-state index contributed by atoms with van der Waals surface area (Å²) in [5.74, 6) is 0. The van der Waals surface area contributed by atoms with Crippen molar-refractivity contribution in [3.63, 3.8) is 0 Å². The van der Waals surface area contributed by atoms with Crippen LogP contribution in [0.15, 0.2) is 4.90 Å². The minimum absolute atomic E-state index is 0.0521. The first-order chi connectivity index (χ1) is 2.91. The molecule has 31 valence electrons. The molecule has 4 heteroatoms. The second kappa shape index (κ2) is 4.33. The molecule has 6 heavy (non-hydrogen) atoms. The molecule has 3 nitrogen and oxygen atoms in total. The van der Waals surface area contributed by atoms with Crippen molar-refractivity contribution in [2.24, 2.45) is 4.90 Å². The minimum atomic E-state index is -0.0521. The molecule has 0 bridgehead atoms. The van der Waals surface area contributed by atoms with Crippen molar-refractivity contribution in [1.82, 2.24) is 0 Å². The quantitative estimate of drug-likeness (QED) is 0.262. The Morgan fingerprint density at radius 3 is 2.83 bits per heavy atom. The summed E-state index contributed by atoms with van der Waals surface area (Å²) in [6.07, 6.45) is 0. The van der Waals surface area contributed by atoms with Crippen molar-refractivity contribution in [2.75, 3.05) is 6.73 Å². The van der Waals surface area contributed by atoms with Gasteiger partial charge >= 0.3 is 35.3 Å². The summed E-state index contributed by atoms with van der Waals surface area (Å²) in [4.78, 5) is 12.2. The van der Waals surface area contributed by atoms with Crippen molar-refractivity contribution in [1.29, 1.82) is 0 Å². The van der Waals surface area contributed by atoms with Crippen LogP contribution in [0.2, 0.25) is 0 Å². The topological polar surface area (TPSA) is 38.7 Å². The van der Waals surface area contributed by atoms with Gasteiger partial charge in [0.05, 0.1) is 0 Å². The molecule has 0 unspecified atom stereocenters. The Kier molecular flexibility index (Phi) is 3.85.